The number of nitrogens with zero attached hydrogens (tertiary/aromatic N) is 6. The molecule has 1 aliphatic carbocycles. The summed E-state index contributed by atoms with van der Waals surface area (Å²) in [5.41, 5.74) is 2.01. The third kappa shape index (κ3) is 3.97. The van der Waals surface area contributed by atoms with Crippen LogP contribution < -0.4 is 5.32 Å². The number of rotatable bonds is 7. The maximum Gasteiger partial charge on any atom is 0.230 e. The van der Waals surface area contributed by atoms with Crippen molar-refractivity contribution in [2.24, 2.45) is 7.05 Å². The molecule has 3 aromatic rings. The van der Waals surface area contributed by atoms with Gasteiger partial charge in [0, 0.05) is 7.05 Å². The molecule has 0 atom stereocenters. The van der Waals surface area contributed by atoms with E-state index in [1.54, 1.807) is 0 Å². The van der Waals surface area contributed by atoms with E-state index in [2.05, 4.69) is 25.8 Å². The van der Waals surface area contributed by atoms with Gasteiger partial charge in [-0.2, -0.15) is 0 Å². The number of fused-ring (bicyclic) bond motifs is 1. The molecule has 0 spiro atoms. The van der Waals surface area contributed by atoms with Crippen LogP contribution in [0.4, 0.5) is 0 Å². The number of aromatic nitrogens is 6. The van der Waals surface area contributed by atoms with Crippen molar-refractivity contribution in [1.82, 2.24) is 35.1 Å². The molecule has 0 saturated heterocycles. The fourth-order valence-corrected chi connectivity index (χ4v) is 4.32. The van der Waals surface area contributed by atoms with Crippen molar-refractivity contribution in [3.05, 3.63) is 35.9 Å². The number of amides is 1. The van der Waals surface area contributed by atoms with Gasteiger partial charge in [-0.05, 0) is 35.4 Å². The normalized spacial score (nSPS) is 14.9. The van der Waals surface area contributed by atoms with E-state index in [9.17, 15) is 4.79 Å². The van der Waals surface area contributed by atoms with E-state index in [4.69, 9.17) is 0 Å². The highest BCUT2D eigenvalue weighted by Crippen LogP contribution is 2.29. The third-order valence-electron chi connectivity index (χ3n) is 5.02. The van der Waals surface area contributed by atoms with Gasteiger partial charge in [-0.3, -0.25) is 4.79 Å². The lowest BCUT2D eigenvalue weighted by atomic mass is 10.2. The molecular weight excluding hydrogens is 362 g/mol. The van der Waals surface area contributed by atoms with Gasteiger partial charge >= 0.3 is 0 Å². The Bertz CT molecular complexity index is 929. The molecule has 9 heteroatoms. The van der Waals surface area contributed by atoms with Crippen molar-refractivity contribution in [1.29, 1.82) is 0 Å². The molecule has 1 aliphatic rings. The predicted molar refractivity (Wildman–Crippen MR) is 104 cm³/mol. The van der Waals surface area contributed by atoms with Gasteiger partial charge in [-0.1, -0.05) is 25.0 Å². The standard InChI is InChI=1S/C18H23N7OS/c1-24-15-9-5-4-8-14(15)20-16(24)10-19-18(26)12-27-11-17-21-22-23-25(17)13-6-2-3-7-13/h4-5,8-9,13H,2-3,6-7,10-12H2,1H3,(H,19,26). The van der Waals surface area contributed by atoms with Crippen LogP contribution in [0.15, 0.2) is 24.3 Å². The van der Waals surface area contributed by atoms with Crippen molar-refractivity contribution in [3.63, 3.8) is 0 Å². The van der Waals surface area contributed by atoms with Crippen LogP contribution >= 0.6 is 11.8 Å². The number of carbonyl (C=O) groups is 1. The molecule has 0 unspecified atom stereocenters. The molecule has 4 rings (SSSR count). The van der Waals surface area contributed by atoms with Crippen molar-refractivity contribution in [3.8, 4) is 0 Å². The Morgan fingerprint density at radius 3 is 2.89 bits per heavy atom. The van der Waals surface area contributed by atoms with Crippen molar-refractivity contribution < 1.29 is 4.79 Å². The third-order valence-corrected chi connectivity index (χ3v) is 5.95. The van der Waals surface area contributed by atoms with Crippen LogP contribution in [0.1, 0.15) is 43.4 Å². The zero-order chi connectivity index (χ0) is 18.6. The number of aryl methyl sites for hydroxylation is 1. The first-order valence-electron chi connectivity index (χ1n) is 9.24. The molecule has 1 fully saturated rings. The summed E-state index contributed by atoms with van der Waals surface area (Å²) in [7, 11) is 1.97. The molecule has 0 bridgehead atoms. The molecular formula is C18H23N7OS. The fraction of sp³-hybridized carbons (Fsp3) is 0.500. The maximum atomic E-state index is 12.2. The van der Waals surface area contributed by atoms with Crippen LogP contribution in [0, 0.1) is 0 Å². The Labute approximate surface area is 161 Å². The molecule has 8 nitrogen and oxygen atoms in total. The lowest BCUT2D eigenvalue weighted by Crippen LogP contribution is -2.26. The van der Waals surface area contributed by atoms with Gasteiger partial charge in [0.15, 0.2) is 5.82 Å². The molecule has 2 aromatic heterocycles. The highest BCUT2D eigenvalue weighted by molar-refractivity contribution is 7.99. The molecule has 142 valence electrons. The number of carbonyl (C=O) groups excluding carboxylic acids is 1. The zero-order valence-electron chi connectivity index (χ0n) is 15.3. The highest BCUT2D eigenvalue weighted by atomic mass is 32.2. The molecule has 1 N–H and O–H groups in total. The topological polar surface area (TPSA) is 90.5 Å². The SMILES string of the molecule is Cn1c(CNC(=O)CSCc2nnnn2C2CCCC2)nc2ccccc21. The van der Waals surface area contributed by atoms with E-state index < -0.39 is 0 Å². The zero-order valence-corrected chi connectivity index (χ0v) is 16.2. The van der Waals surface area contributed by atoms with Gasteiger partial charge in [-0.15, -0.1) is 16.9 Å². The smallest absolute Gasteiger partial charge is 0.230 e. The number of hydrogen-bond donors (Lipinski definition) is 1. The van der Waals surface area contributed by atoms with Gasteiger partial charge in [0.2, 0.25) is 5.91 Å². The van der Waals surface area contributed by atoms with Crippen molar-refractivity contribution in [2.45, 2.75) is 44.0 Å². The summed E-state index contributed by atoms with van der Waals surface area (Å²) in [5, 5.41) is 15.0. The first kappa shape index (κ1) is 18.0. The number of imidazole rings is 1. The van der Waals surface area contributed by atoms with Gasteiger partial charge in [-0.25, -0.2) is 9.67 Å². The Morgan fingerprint density at radius 1 is 1.26 bits per heavy atom. The summed E-state index contributed by atoms with van der Waals surface area (Å²) in [4.78, 5) is 16.8. The summed E-state index contributed by atoms with van der Waals surface area (Å²) < 4.78 is 3.95. The molecule has 1 saturated carbocycles. The van der Waals surface area contributed by atoms with Crippen LogP contribution in [0.2, 0.25) is 0 Å². The fourth-order valence-electron chi connectivity index (χ4n) is 3.56. The molecule has 0 radical (unpaired) electrons. The highest BCUT2D eigenvalue weighted by Gasteiger charge is 2.21. The minimum Gasteiger partial charge on any atom is -0.348 e. The second-order valence-corrected chi connectivity index (χ2v) is 7.81. The summed E-state index contributed by atoms with van der Waals surface area (Å²) in [6.45, 7) is 0.421. The number of tetrazole rings is 1. The molecule has 1 aromatic carbocycles. The van der Waals surface area contributed by atoms with E-state index in [-0.39, 0.29) is 5.91 Å². The van der Waals surface area contributed by atoms with Crippen LogP contribution in [0.25, 0.3) is 11.0 Å². The van der Waals surface area contributed by atoms with Crippen LogP contribution in [-0.2, 0) is 24.1 Å². The average molecular weight is 385 g/mol. The van der Waals surface area contributed by atoms with Crippen LogP contribution in [0.3, 0.4) is 0 Å². The largest absolute Gasteiger partial charge is 0.348 e. The minimum atomic E-state index is -0.00746. The lowest BCUT2D eigenvalue weighted by Gasteiger charge is -2.11. The number of benzene rings is 1. The first-order chi connectivity index (χ1) is 13.2. The van der Waals surface area contributed by atoms with Gasteiger partial charge < -0.3 is 9.88 Å². The first-order valence-corrected chi connectivity index (χ1v) is 10.4. The average Bonchev–Trinajstić information content (AvgIpc) is 3.41. The summed E-state index contributed by atoms with van der Waals surface area (Å²) in [5.74, 6) is 2.71. The number of hydrogen-bond acceptors (Lipinski definition) is 6. The molecule has 0 aliphatic heterocycles. The predicted octanol–water partition coefficient (Wildman–Crippen LogP) is 2.22. The number of thioether (sulfide) groups is 1. The quantitative estimate of drug-likeness (QED) is 0.671. The maximum absolute atomic E-state index is 12.2. The van der Waals surface area contributed by atoms with E-state index in [1.165, 1.54) is 24.6 Å². The number of nitrogens with one attached hydrogen (secondary N) is 1. The summed E-state index contributed by atoms with van der Waals surface area (Å²) in [6, 6.07) is 8.38. The van der Waals surface area contributed by atoms with Crippen LogP contribution in [0.5, 0.6) is 0 Å². The Balaban J connectivity index is 1.26. The number of para-hydroxylation sites is 2. The molecule has 27 heavy (non-hydrogen) atoms. The van der Waals surface area contributed by atoms with Gasteiger partial charge in [0.25, 0.3) is 0 Å². The minimum absolute atomic E-state index is 0.00746. The van der Waals surface area contributed by atoms with Crippen molar-refractivity contribution >= 4 is 28.7 Å². The van der Waals surface area contributed by atoms with Crippen molar-refractivity contribution in [2.75, 3.05) is 5.75 Å². The molecule has 1 amide bonds. The lowest BCUT2D eigenvalue weighted by molar-refractivity contribution is -0.118. The summed E-state index contributed by atoms with van der Waals surface area (Å²) >= 11 is 1.53. The van der Waals surface area contributed by atoms with E-state index in [0.717, 1.165) is 35.5 Å². The van der Waals surface area contributed by atoms with Gasteiger partial charge in [0.05, 0.1) is 35.1 Å². The monoisotopic (exact) mass is 385 g/mol. The van der Waals surface area contributed by atoms with Crippen LogP contribution in [-0.4, -0.2) is 41.4 Å². The van der Waals surface area contributed by atoms with Gasteiger partial charge in [0.1, 0.15) is 5.82 Å². The van der Waals surface area contributed by atoms with E-state index in [1.807, 2.05) is 40.6 Å². The molecule has 2 heterocycles. The Morgan fingerprint density at radius 2 is 2.07 bits per heavy atom. The second-order valence-electron chi connectivity index (χ2n) is 6.82. The van der Waals surface area contributed by atoms with E-state index >= 15 is 0 Å². The Hall–Kier alpha value is -2.42. The van der Waals surface area contributed by atoms with E-state index in [0.29, 0.717) is 24.1 Å². The second kappa shape index (κ2) is 8.08. The summed E-state index contributed by atoms with van der Waals surface area (Å²) in [6.07, 6.45) is 4.76. The Kier molecular flexibility index (Phi) is 5.38.